The van der Waals surface area contributed by atoms with Crippen molar-refractivity contribution in [2.75, 3.05) is 67.6 Å². The van der Waals surface area contributed by atoms with Crippen LogP contribution in [0.4, 0.5) is 40.8 Å². The van der Waals surface area contributed by atoms with Crippen molar-refractivity contribution < 1.29 is 50.3 Å². The van der Waals surface area contributed by atoms with Crippen LogP contribution >= 0.6 is 11.6 Å². The number of hydrogen-bond donors (Lipinski definition) is 1. The number of rotatable bonds is 14. The van der Waals surface area contributed by atoms with E-state index in [2.05, 4.69) is 40.8 Å². The number of nitro groups is 1. The molecule has 0 radical (unpaired) electrons. The minimum absolute atomic E-state index is 0.0681. The number of sulfonamides is 1. The highest BCUT2D eigenvalue weighted by Gasteiger charge is 2.37. The fourth-order valence-electron chi connectivity index (χ4n) is 8.87. The molecule has 71 heavy (non-hydrogen) atoms. The molecule has 4 aromatic rings. The van der Waals surface area contributed by atoms with E-state index in [0.29, 0.717) is 54.8 Å². The third kappa shape index (κ3) is 13.7. The molecule has 2 saturated heterocycles. The van der Waals surface area contributed by atoms with Gasteiger partial charge in [0, 0.05) is 69.2 Å². The van der Waals surface area contributed by atoms with Crippen LogP contribution in [0.25, 0.3) is 5.57 Å². The molecule has 1 atom stereocenters. The van der Waals surface area contributed by atoms with Crippen LogP contribution in [0.1, 0.15) is 89.1 Å². The van der Waals surface area contributed by atoms with Crippen LogP contribution in [-0.2, 0) is 19.5 Å². The number of carbonyl (C=O) groups excluding carboxylic acids is 2. The normalized spacial score (nSPS) is 17.9. The summed E-state index contributed by atoms with van der Waals surface area (Å²) >= 11 is 6.24. The minimum Gasteiger partial charge on any atom is -0.455 e. The summed E-state index contributed by atoms with van der Waals surface area (Å²) in [6.07, 6.45) is -0.174. The zero-order valence-electron chi connectivity index (χ0n) is 40.6. The fourth-order valence-corrected chi connectivity index (χ4v) is 9.98. The van der Waals surface area contributed by atoms with Gasteiger partial charge in [0.25, 0.3) is 21.6 Å². The molecule has 382 valence electrons. The maximum absolute atomic E-state index is 14.1. The van der Waals surface area contributed by atoms with E-state index >= 15 is 0 Å². The van der Waals surface area contributed by atoms with Gasteiger partial charge in [0.15, 0.2) is 0 Å². The van der Waals surface area contributed by atoms with E-state index in [1.165, 1.54) is 55.7 Å². The van der Waals surface area contributed by atoms with Gasteiger partial charge < -0.3 is 24.0 Å². The number of alkyl halides is 3. The maximum Gasteiger partial charge on any atom is 0.416 e. The molecule has 2 aliphatic heterocycles. The first-order valence-corrected chi connectivity index (χ1v) is 25.2. The fraction of sp³-hybridized carbons (Fsp3) is 0.460. The zero-order chi connectivity index (χ0) is 51.5. The Morgan fingerprint density at radius 2 is 1.72 bits per heavy atom. The molecule has 3 aliphatic rings. The number of anilines is 3. The monoisotopic (exact) mass is 1030 g/mol. The average Bonchev–Trinajstić information content (AvgIpc) is 3.31. The number of piperazine rings is 1. The Hall–Kier alpha value is -5.96. The summed E-state index contributed by atoms with van der Waals surface area (Å²) in [6, 6.07) is 18.2. The van der Waals surface area contributed by atoms with Crippen molar-refractivity contribution in [2.45, 2.75) is 96.0 Å². The van der Waals surface area contributed by atoms with Gasteiger partial charge in [0.1, 0.15) is 41.4 Å². The number of hydrogen-bond acceptors (Lipinski definition) is 13. The Kier molecular flexibility index (Phi) is 15.9. The summed E-state index contributed by atoms with van der Waals surface area (Å²) < 4.78 is 87.9. The van der Waals surface area contributed by atoms with Gasteiger partial charge in [-0.2, -0.15) is 13.2 Å². The molecule has 0 spiro atoms. The molecule has 1 aromatic heterocycles. The van der Waals surface area contributed by atoms with Crippen molar-refractivity contribution in [1.82, 2.24) is 14.6 Å². The highest BCUT2D eigenvalue weighted by Crippen LogP contribution is 2.44. The summed E-state index contributed by atoms with van der Waals surface area (Å²) in [7, 11) is -3.12. The molecule has 2 amide bonds. The van der Waals surface area contributed by atoms with Gasteiger partial charge in [-0.25, -0.2) is 22.9 Å². The average molecular weight is 1030 g/mol. The molecule has 7 rings (SSSR count). The van der Waals surface area contributed by atoms with Crippen molar-refractivity contribution in [3.8, 4) is 11.5 Å². The van der Waals surface area contributed by atoms with Gasteiger partial charge in [-0.15, -0.1) is 0 Å². The molecule has 21 heteroatoms. The highest BCUT2D eigenvalue weighted by molar-refractivity contribution is 7.90. The van der Waals surface area contributed by atoms with E-state index in [4.69, 9.17) is 25.8 Å². The van der Waals surface area contributed by atoms with Gasteiger partial charge in [-0.3, -0.25) is 24.7 Å². The number of amides is 2. The summed E-state index contributed by atoms with van der Waals surface area (Å²) in [5.41, 5.74) is 2.93. The van der Waals surface area contributed by atoms with Crippen LogP contribution in [0.3, 0.4) is 0 Å². The lowest BCUT2D eigenvalue weighted by Crippen LogP contribution is -2.47. The van der Waals surface area contributed by atoms with E-state index in [0.717, 1.165) is 63.0 Å². The topological polar surface area (TPSA) is 177 Å². The first kappa shape index (κ1) is 52.9. The maximum atomic E-state index is 14.1. The Morgan fingerprint density at radius 1 is 1.00 bits per heavy atom. The Bertz CT molecular complexity index is 2740. The van der Waals surface area contributed by atoms with Gasteiger partial charge in [-0.1, -0.05) is 43.2 Å². The number of nitrogens with zero attached hydrogens (tertiary/aromatic N) is 6. The predicted molar refractivity (Wildman–Crippen MR) is 265 cm³/mol. The first-order chi connectivity index (χ1) is 33.3. The molecular weight excluding hydrogens is 967 g/mol. The molecule has 1 unspecified atom stereocenters. The summed E-state index contributed by atoms with van der Waals surface area (Å²) in [5, 5.41) is 13.0. The molecule has 3 aromatic carbocycles. The lowest BCUT2D eigenvalue weighted by molar-refractivity contribution is -0.384. The van der Waals surface area contributed by atoms with E-state index < -0.39 is 67.9 Å². The van der Waals surface area contributed by atoms with Crippen LogP contribution in [-0.4, -0.2) is 106 Å². The van der Waals surface area contributed by atoms with Crippen molar-refractivity contribution in [2.24, 2.45) is 5.41 Å². The number of carbonyl (C=O) groups is 2. The second kappa shape index (κ2) is 21.4. The first-order valence-electron chi connectivity index (χ1n) is 23.3. The Morgan fingerprint density at radius 3 is 2.34 bits per heavy atom. The van der Waals surface area contributed by atoms with Crippen LogP contribution in [0.15, 0.2) is 89.5 Å². The molecule has 3 heterocycles. The van der Waals surface area contributed by atoms with E-state index in [-0.39, 0.29) is 28.2 Å². The lowest BCUT2D eigenvalue weighted by atomic mass is 9.72. The number of nitro benzene ring substituents is 1. The van der Waals surface area contributed by atoms with E-state index in [9.17, 15) is 41.3 Å². The summed E-state index contributed by atoms with van der Waals surface area (Å²) in [6.45, 7) is 11.2. The molecule has 1 N–H and O–H groups in total. The van der Waals surface area contributed by atoms with Gasteiger partial charge in [0.05, 0.1) is 21.6 Å². The third-order valence-corrected chi connectivity index (χ3v) is 14.1. The smallest absolute Gasteiger partial charge is 0.416 e. The largest absolute Gasteiger partial charge is 0.455 e. The van der Waals surface area contributed by atoms with Crippen molar-refractivity contribution >= 4 is 62.1 Å². The number of nitrogens with one attached hydrogen (secondary N) is 1. The lowest BCUT2D eigenvalue weighted by Gasteiger charge is -2.39. The highest BCUT2D eigenvalue weighted by atomic mass is 35.5. The minimum atomic E-state index is -4.81. The number of halogens is 4. The predicted octanol–water partition coefficient (Wildman–Crippen LogP) is 10.6. The van der Waals surface area contributed by atoms with Crippen molar-refractivity contribution in [3.05, 3.63) is 111 Å². The molecule has 2 fully saturated rings. The Labute approximate surface area is 416 Å². The van der Waals surface area contributed by atoms with Crippen LogP contribution < -0.4 is 24.2 Å². The molecule has 0 saturated carbocycles. The SMILES string of the molecule is CN(c1ccc(S(=O)(=O)NC(=O)c2ccc(N3CCN(CC4=C(c5ccc(Cl)cc5)CC(C)(C)CC4)CC3)cc2Oc2ccc(N(CC(F)(F)F)C(=O)OC(C)(C)C)nc2)cc1[N+](=O)[O-])C1CCCCO1. The van der Waals surface area contributed by atoms with E-state index in [1.54, 1.807) is 24.1 Å². The molecular formula is C50H59ClF3N7O9S. The number of ether oxygens (including phenoxy) is 3. The van der Waals surface area contributed by atoms with Crippen LogP contribution in [0.5, 0.6) is 11.5 Å². The second-order valence-corrected chi connectivity index (χ2v) is 21.9. The second-order valence-electron chi connectivity index (χ2n) is 19.8. The van der Waals surface area contributed by atoms with E-state index in [1.807, 2.05) is 16.9 Å². The molecule has 0 bridgehead atoms. The quantitative estimate of drug-likeness (QED) is 0.0933. The summed E-state index contributed by atoms with van der Waals surface area (Å²) in [5.74, 6) is -1.74. The van der Waals surface area contributed by atoms with Gasteiger partial charge in [0.2, 0.25) is 0 Å². The number of benzene rings is 3. The van der Waals surface area contributed by atoms with Crippen LogP contribution in [0, 0.1) is 15.5 Å². The third-order valence-electron chi connectivity index (χ3n) is 12.6. The number of allylic oxidation sites excluding steroid dienone is 1. The zero-order valence-corrected chi connectivity index (χ0v) is 42.1. The number of pyridine rings is 1. The van der Waals surface area contributed by atoms with Crippen molar-refractivity contribution in [1.29, 1.82) is 0 Å². The molecule has 1 aliphatic carbocycles. The number of aromatic nitrogens is 1. The standard InChI is InChI=1S/C50H59ClF3N7O9S/c1-48(2,3)70-47(63)60(32-50(52,53)54)44-19-15-37(30-55-44)69-43-27-36(59-24-22-58(23-25-59)31-34-20-21-49(4,5)29-40(34)33-10-12-35(51)13-11-33)14-17-39(43)46(62)56-71(66,67)38-16-18-41(42(28-38)61(64)65)57(6)45-9-7-8-26-68-45/h10-19,27-28,30,45H,7-9,20-26,29,31-32H2,1-6H3,(H,56,62). The van der Waals surface area contributed by atoms with Crippen LogP contribution in [0.2, 0.25) is 5.02 Å². The Balaban J connectivity index is 1.15. The molecule has 16 nitrogen and oxygen atoms in total. The van der Waals surface area contributed by atoms with Gasteiger partial charge >= 0.3 is 12.3 Å². The summed E-state index contributed by atoms with van der Waals surface area (Å²) in [4.78, 5) is 48.5. The van der Waals surface area contributed by atoms with Gasteiger partial charge in [-0.05, 0) is 124 Å². The van der Waals surface area contributed by atoms with Crippen molar-refractivity contribution in [3.63, 3.8) is 0 Å².